The first-order chi connectivity index (χ1) is 10.1. The van der Waals surface area contributed by atoms with Gasteiger partial charge in [0.25, 0.3) is 0 Å². The Bertz CT molecular complexity index is 655. The maximum atomic E-state index is 12.0. The Morgan fingerprint density at radius 1 is 1.38 bits per heavy atom. The Hall–Kier alpha value is -2.15. The fraction of sp³-hybridized carbons (Fsp3) is 0.286. The van der Waals surface area contributed by atoms with Gasteiger partial charge in [0.05, 0.1) is 11.4 Å². The molecule has 0 aromatic heterocycles. The fourth-order valence-electron chi connectivity index (χ4n) is 2.34. The van der Waals surface area contributed by atoms with E-state index in [0.29, 0.717) is 17.2 Å². The van der Waals surface area contributed by atoms with Gasteiger partial charge in [-0.2, -0.15) is 0 Å². The van der Waals surface area contributed by atoms with Gasteiger partial charge >= 0.3 is 5.97 Å². The van der Waals surface area contributed by atoms with Crippen LogP contribution < -0.4 is 9.47 Å². The van der Waals surface area contributed by atoms with Crippen LogP contribution in [0.2, 0.25) is 0 Å². The molecule has 0 unspecified atom stereocenters. The molecule has 0 spiro atoms. The number of thioether (sulfide) groups is 1. The normalized spacial score (nSPS) is 17.4. The summed E-state index contributed by atoms with van der Waals surface area (Å²) in [5.41, 5.74) is 1.37. The van der Waals surface area contributed by atoms with Gasteiger partial charge in [-0.05, 0) is 25.1 Å². The van der Waals surface area contributed by atoms with Gasteiger partial charge in [0.2, 0.25) is 12.7 Å². The largest absolute Gasteiger partial charge is 0.480 e. The molecule has 2 aliphatic rings. The van der Waals surface area contributed by atoms with Crippen molar-refractivity contribution in [2.45, 2.75) is 6.92 Å². The van der Waals surface area contributed by atoms with E-state index in [1.807, 2.05) is 6.92 Å². The molecule has 0 aliphatic carbocycles. The fourth-order valence-corrected chi connectivity index (χ4v) is 3.20. The number of nitrogens with zero attached hydrogens (tertiary/aromatic N) is 1. The lowest BCUT2D eigenvalue weighted by Crippen LogP contribution is -2.38. The van der Waals surface area contributed by atoms with E-state index in [0.717, 1.165) is 10.5 Å². The molecule has 110 valence electrons. The maximum Gasteiger partial charge on any atom is 0.323 e. The van der Waals surface area contributed by atoms with Gasteiger partial charge in [0.15, 0.2) is 11.5 Å². The first kappa shape index (κ1) is 13.8. The number of carboxylic acids is 1. The molecule has 0 atom stereocenters. The summed E-state index contributed by atoms with van der Waals surface area (Å²) in [6, 6.07) is 5.34. The molecule has 21 heavy (non-hydrogen) atoms. The quantitative estimate of drug-likeness (QED) is 0.917. The first-order valence-corrected chi connectivity index (χ1v) is 7.30. The third-order valence-corrected chi connectivity index (χ3v) is 4.27. The van der Waals surface area contributed by atoms with Gasteiger partial charge < -0.3 is 14.6 Å². The number of fused-ring (bicyclic) bond motifs is 1. The first-order valence-electron chi connectivity index (χ1n) is 6.32. The topological polar surface area (TPSA) is 76.1 Å². The number of carboxylic acid groups (broad SMARTS) is 1. The second kappa shape index (κ2) is 5.33. The number of ether oxygens (including phenoxy) is 2. The molecule has 1 aromatic carbocycles. The Morgan fingerprint density at radius 2 is 2.14 bits per heavy atom. The predicted octanol–water partition coefficient (Wildman–Crippen LogP) is 1.76. The maximum absolute atomic E-state index is 12.0. The number of carbonyl (C=O) groups is 2. The smallest absolute Gasteiger partial charge is 0.323 e. The van der Waals surface area contributed by atoms with Crippen molar-refractivity contribution in [1.82, 2.24) is 4.90 Å². The molecule has 2 aliphatic heterocycles. The van der Waals surface area contributed by atoms with Gasteiger partial charge in [-0.3, -0.25) is 14.5 Å². The van der Waals surface area contributed by atoms with Crippen LogP contribution in [0.4, 0.5) is 0 Å². The number of benzene rings is 1. The van der Waals surface area contributed by atoms with Gasteiger partial charge in [-0.25, -0.2) is 0 Å². The summed E-state index contributed by atoms with van der Waals surface area (Å²) in [5.74, 6) is 0.261. The lowest BCUT2D eigenvalue weighted by Gasteiger charge is -2.29. The highest BCUT2D eigenvalue weighted by Gasteiger charge is 2.29. The van der Waals surface area contributed by atoms with Crippen molar-refractivity contribution >= 4 is 29.3 Å². The lowest BCUT2D eigenvalue weighted by atomic mass is 10.1. The Balaban J connectivity index is 2.03. The number of rotatable bonds is 3. The van der Waals surface area contributed by atoms with Crippen LogP contribution in [0, 0.1) is 0 Å². The van der Waals surface area contributed by atoms with Crippen LogP contribution in [-0.4, -0.2) is 41.0 Å². The van der Waals surface area contributed by atoms with Crippen LogP contribution in [0.3, 0.4) is 0 Å². The molecular formula is C14H13NO5S. The molecule has 0 fully saturated rings. The van der Waals surface area contributed by atoms with Crippen molar-refractivity contribution < 1.29 is 24.2 Å². The minimum atomic E-state index is -1.04. The molecule has 1 aromatic rings. The zero-order valence-corrected chi connectivity index (χ0v) is 12.1. The second-order valence-electron chi connectivity index (χ2n) is 4.64. The molecular weight excluding hydrogens is 294 g/mol. The SMILES string of the molecule is CC1=C(c2ccc3c(c2)OCO3)N(CC(=O)O)C(=O)CS1. The summed E-state index contributed by atoms with van der Waals surface area (Å²) in [6.07, 6.45) is 0. The van der Waals surface area contributed by atoms with Crippen LogP contribution in [0.5, 0.6) is 11.5 Å². The minimum absolute atomic E-state index is 0.170. The summed E-state index contributed by atoms with van der Waals surface area (Å²) in [4.78, 5) is 25.3. The highest BCUT2D eigenvalue weighted by atomic mass is 32.2. The van der Waals surface area contributed by atoms with Crippen LogP contribution in [-0.2, 0) is 9.59 Å². The standard InChI is InChI=1S/C14H13NO5S/c1-8-14(15(5-13(17)18)12(16)6-21-8)9-2-3-10-11(4-9)20-7-19-10/h2-4H,5-7H2,1H3,(H,17,18). The van der Waals surface area contributed by atoms with Gasteiger partial charge in [0.1, 0.15) is 6.54 Å². The Kier molecular flexibility index (Phi) is 3.50. The number of carbonyl (C=O) groups excluding carboxylic acids is 1. The molecule has 3 rings (SSSR count). The molecule has 0 bridgehead atoms. The highest BCUT2D eigenvalue weighted by Crippen LogP contribution is 2.39. The molecule has 1 amide bonds. The second-order valence-corrected chi connectivity index (χ2v) is 5.82. The Labute approximate surface area is 125 Å². The van der Waals surface area contributed by atoms with Crippen molar-refractivity contribution in [3.63, 3.8) is 0 Å². The van der Waals surface area contributed by atoms with E-state index in [1.165, 1.54) is 16.7 Å². The zero-order chi connectivity index (χ0) is 15.0. The number of aliphatic carboxylic acids is 1. The predicted molar refractivity (Wildman–Crippen MR) is 77.0 cm³/mol. The average molecular weight is 307 g/mol. The third-order valence-electron chi connectivity index (χ3n) is 3.26. The summed E-state index contributed by atoms with van der Waals surface area (Å²) in [6.45, 7) is 1.70. The van der Waals surface area contributed by atoms with E-state index >= 15 is 0 Å². The van der Waals surface area contributed by atoms with Gasteiger partial charge in [-0.1, -0.05) is 0 Å². The number of amides is 1. The minimum Gasteiger partial charge on any atom is -0.480 e. The van der Waals surface area contributed by atoms with E-state index in [1.54, 1.807) is 18.2 Å². The highest BCUT2D eigenvalue weighted by molar-refractivity contribution is 8.03. The van der Waals surface area contributed by atoms with Crippen molar-refractivity contribution in [3.05, 3.63) is 28.7 Å². The molecule has 0 saturated heterocycles. The van der Waals surface area contributed by atoms with Crippen molar-refractivity contribution in [2.24, 2.45) is 0 Å². The number of hydrogen-bond donors (Lipinski definition) is 1. The summed E-state index contributed by atoms with van der Waals surface area (Å²) < 4.78 is 10.6. The molecule has 6 nitrogen and oxygen atoms in total. The van der Waals surface area contributed by atoms with E-state index in [4.69, 9.17) is 14.6 Å². The van der Waals surface area contributed by atoms with Crippen LogP contribution in [0.25, 0.3) is 5.70 Å². The molecule has 0 radical (unpaired) electrons. The van der Waals surface area contributed by atoms with E-state index in [2.05, 4.69) is 0 Å². The summed E-state index contributed by atoms with van der Waals surface area (Å²) >= 11 is 1.42. The van der Waals surface area contributed by atoms with Gasteiger partial charge in [0, 0.05) is 10.5 Å². The van der Waals surface area contributed by atoms with Gasteiger partial charge in [-0.15, -0.1) is 11.8 Å². The lowest BCUT2D eigenvalue weighted by molar-refractivity contribution is -0.141. The molecule has 0 saturated carbocycles. The summed E-state index contributed by atoms with van der Waals surface area (Å²) in [5, 5.41) is 9.02. The van der Waals surface area contributed by atoms with Crippen molar-refractivity contribution in [1.29, 1.82) is 0 Å². The third kappa shape index (κ3) is 2.56. The molecule has 1 N–H and O–H groups in total. The van der Waals surface area contributed by atoms with E-state index in [-0.39, 0.29) is 25.0 Å². The van der Waals surface area contributed by atoms with Crippen LogP contribution in [0.1, 0.15) is 12.5 Å². The zero-order valence-electron chi connectivity index (χ0n) is 11.3. The van der Waals surface area contributed by atoms with E-state index in [9.17, 15) is 9.59 Å². The summed E-state index contributed by atoms with van der Waals surface area (Å²) in [7, 11) is 0. The van der Waals surface area contributed by atoms with Crippen molar-refractivity contribution in [3.8, 4) is 11.5 Å². The Morgan fingerprint density at radius 3 is 2.90 bits per heavy atom. The van der Waals surface area contributed by atoms with Crippen LogP contribution in [0.15, 0.2) is 23.1 Å². The monoisotopic (exact) mass is 307 g/mol. The average Bonchev–Trinajstić information content (AvgIpc) is 2.90. The molecule has 2 heterocycles. The number of allylic oxidation sites excluding steroid dienone is 1. The van der Waals surface area contributed by atoms with Crippen molar-refractivity contribution in [2.75, 3.05) is 19.1 Å². The molecule has 7 heteroatoms. The van der Waals surface area contributed by atoms with Crippen LogP contribution >= 0.6 is 11.8 Å². The van der Waals surface area contributed by atoms with E-state index < -0.39 is 5.97 Å². The number of hydrogen-bond acceptors (Lipinski definition) is 5.